The number of hydrogen-bond acceptors (Lipinski definition) is 2. The lowest BCUT2D eigenvalue weighted by atomic mass is 10.2. The Hall–Kier alpha value is -1.32. The highest BCUT2D eigenvalue weighted by atomic mass is 19.3. The molecule has 0 amide bonds. The number of benzene rings is 1. The Morgan fingerprint density at radius 1 is 1.14 bits per heavy atom. The zero-order valence-electron chi connectivity index (χ0n) is 7.62. The molecule has 1 aliphatic rings. The van der Waals surface area contributed by atoms with E-state index in [4.69, 9.17) is 0 Å². The number of hydrogen-bond donors (Lipinski definition) is 0. The quantitative estimate of drug-likeness (QED) is 0.741. The third kappa shape index (κ3) is 1.95. The van der Waals surface area contributed by atoms with Crippen LogP contribution in [0.15, 0.2) is 24.3 Å². The van der Waals surface area contributed by atoms with Gasteiger partial charge in [-0.1, -0.05) is 0 Å². The summed E-state index contributed by atoms with van der Waals surface area (Å²) in [6.07, 6.45) is 1.20. The molecule has 1 fully saturated rings. The fourth-order valence-electron chi connectivity index (χ4n) is 1.41. The number of nitrogens with zero attached hydrogens (tertiary/aromatic N) is 1. The molecule has 76 valence electrons. The van der Waals surface area contributed by atoms with Gasteiger partial charge in [-0.2, -0.15) is 8.78 Å². The molecule has 1 aromatic rings. The van der Waals surface area contributed by atoms with Crippen molar-refractivity contribution in [2.45, 2.75) is 13.0 Å². The molecule has 2 nitrogen and oxygen atoms in total. The molecular weight excluding hydrogens is 188 g/mol. The van der Waals surface area contributed by atoms with Crippen molar-refractivity contribution < 1.29 is 13.5 Å². The topological polar surface area (TPSA) is 12.5 Å². The van der Waals surface area contributed by atoms with Crippen LogP contribution in [0.2, 0.25) is 0 Å². The maximum Gasteiger partial charge on any atom is 0.387 e. The highest BCUT2D eigenvalue weighted by Crippen LogP contribution is 2.23. The minimum absolute atomic E-state index is 0.212. The van der Waals surface area contributed by atoms with Gasteiger partial charge in [-0.3, -0.25) is 0 Å². The summed E-state index contributed by atoms with van der Waals surface area (Å²) >= 11 is 0. The molecule has 0 bridgehead atoms. The van der Waals surface area contributed by atoms with Crippen LogP contribution in [0.1, 0.15) is 6.42 Å². The van der Waals surface area contributed by atoms with Crippen molar-refractivity contribution in [1.82, 2.24) is 0 Å². The van der Waals surface area contributed by atoms with Gasteiger partial charge >= 0.3 is 6.61 Å². The van der Waals surface area contributed by atoms with Crippen LogP contribution in [0.3, 0.4) is 0 Å². The van der Waals surface area contributed by atoms with Crippen molar-refractivity contribution in [3.8, 4) is 5.75 Å². The first kappa shape index (κ1) is 9.24. The minimum Gasteiger partial charge on any atom is -0.435 e. The average molecular weight is 199 g/mol. The number of ether oxygens (including phenoxy) is 1. The van der Waals surface area contributed by atoms with Crippen LogP contribution in [-0.4, -0.2) is 19.7 Å². The Morgan fingerprint density at radius 2 is 1.79 bits per heavy atom. The molecule has 0 unspecified atom stereocenters. The second-order valence-electron chi connectivity index (χ2n) is 3.21. The van der Waals surface area contributed by atoms with E-state index >= 15 is 0 Å². The lowest BCUT2D eigenvalue weighted by Gasteiger charge is -2.33. The van der Waals surface area contributed by atoms with Gasteiger partial charge in [0, 0.05) is 18.8 Å². The lowest BCUT2D eigenvalue weighted by Crippen LogP contribution is -2.36. The summed E-state index contributed by atoms with van der Waals surface area (Å²) in [7, 11) is 0. The number of halogens is 2. The molecule has 1 aliphatic heterocycles. The van der Waals surface area contributed by atoms with E-state index in [-0.39, 0.29) is 5.75 Å². The molecule has 0 atom stereocenters. The second kappa shape index (κ2) is 3.82. The van der Waals surface area contributed by atoms with Gasteiger partial charge in [0.1, 0.15) is 5.75 Å². The Balaban J connectivity index is 2.02. The van der Waals surface area contributed by atoms with Gasteiger partial charge in [-0.05, 0) is 30.7 Å². The van der Waals surface area contributed by atoms with E-state index in [0.717, 1.165) is 18.8 Å². The number of rotatable bonds is 3. The van der Waals surface area contributed by atoms with Crippen LogP contribution in [-0.2, 0) is 0 Å². The third-order valence-corrected chi connectivity index (χ3v) is 2.28. The van der Waals surface area contributed by atoms with E-state index < -0.39 is 6.61 Å². The van der Waals surface area contributed by atoms with Gasteiger partial charge in [-0.25, -0.2) is 0 Å². The third-order valence-electron chi connectivity index (χ3n) is 2.28. The highest BCUT2D eigenvalue weighted by Gasteiger charge is 2.14. The summed E-state index contributed by atoms with van der Waals surface area (Å²) in [6.45, 7) is -0.644. The molecule has 2 rings (SSSR count). The van der Waals surface area contributed by atoms with Crippen LogP contribution in [0.25, 0.3) is 0 Å². The molecule has 0 aromatic heterocycles. The Bertz CT molecular complexity index is 295. The summed E-state index contributed by atoms with van der Waals surface area (Å²) in [4.78, 5) is 2.19. The van der Waals surface area contributed by atoms with Gasteiger partial charge in [0.05, 0.1) is 0 Å². The maximum atomic E-state index is 11.8. The van der Waals surface area contributed by atoms with E-state index in [0.29, 0.717) is 0 Å². The van der Waals surface area contributed by atoms with Crippen molar-refractivity contribution in [1.29, 1.82) is 0 Å². The van der Waals surface area contributed by atoms with E-state index in [2.05, 4.69) is 9.64 Å². The molecule has 0 saturated carbocycles. The lowest BCUT2D eigenvalue weighted by molar-refractivity contribution is -0.0498. The molecular formula is C10H11F2NO. The molecule has 14 heavy (non-hydrogen) atoms. The first-order valence-electron chi connectivity index (χ1n) is 4.55. The Morgan fingerprint density at radius 3 is 2.21 bits per heavy atom. The molecule has 0 radical (unpaired) electrons. The molecule has 1 aromatic carbocycles. The summed E-state index contributed by atoms with van der Waals surface area (Å²) in [5, 5.41) is 0. The van der Waals surface area contributed by atoms with Gasteiger partial charge in [0.2, 0.25) is 0 Å². The fourth-order valence-corrected chi connectivity index (χ4v) is 1.41. The van der Waals surface area contributed by atoms with Crippen molar-refractivity contribution >= 4 is 5.69 Å². The highest BCUT2D eigenvalue weighted by molar-refractivity contribution is 5.50. The normalized spacial score (nSPS) is 15.5. The van der Waals surface area contributed by atoms with Crippen LogP contribution < -0.4 is 9.64 Å². The van der Waals surface area contributed by atoms with E-state index in [9.17, 15) is 8.78 Å². The average Bonchev–Trinajstić information content (AvgIpc) is 2.04. The number of alkyl halides is 2. The molecule has 0 aliphatic carbocycles. The monoisotopic (exact) mass is 199 g/mol. The second-order valence-corrected chi connectivity index (χ2v) is 3.21. The molecule has 1 saturated heterocycles. The molecule has 0 spiro atoms. The minimum atomic E-state index is -2.75. The van der Waals surface area contributed by atoms with Crippen LogP contribution >= 0.6 is 0 Å². The number of anilines is 1. The van der Waals surface area contributed by atoms with E-state index in [1.54, 1.807) is 24.3 Å². The predicted molar refractivity (Wildman–Crippen MR) is 49.9 cm³/mol. The molecule has 1 heterocycles. The Labute approximate surface area is 81.1 Å². The maximum absolute atomic E-state index is 11.8. The van der Waals surface area contributed by atoms with Gasteiger partial charge in [-0.15, -0.1) is 0 Å². The molecule has 4 heteroatoms. The largest absolute Gasteiger partial charge is 0.435 e. The van der Waals surface area contributed by atoms with E-state index in [1.807, 2.05) is 0 Å². The summed E-state index contributed by atoms with van der Waals surface area (Å²) in [5.74, 6) is 0.212. The van der Waals surface area contributed by atoms with Crippen molar-refractivity contribution in [3.05, 3.63) is 24.3 Å². The van der Waals surface area contributed by atoms with E-state index in [1.165, 1.54) is 6.42 Å². The predicted octanol–water partition coefficient (Wildman–Crippen LogP) is 2.50. The van der Waals surface area contributed by atoms with Gasteiger partial charge in [0.25, 0.3) is 0 Å². The van der Waals surface area contributed by atoms with Crippen molar-refractivity contribution in [2.24, 2.45) is 0 Å². The van der Waals surface area contributed by atoms with Gasteiger partial charge < -0.3 is 9.64 Å². The fraction of sp³-hybridized carbons (Fsp3) is 0.400. The first-order valence-corrected chi connectivity index (χ1v) is 4.55. The van der Waals surface area contributed by atoms with Gasteiger partial charge in [0.15, 0.2) is 0 Å². The summed E-state index contributed by atoms with van der Waals surface area (Å²) in [6, 6.07) is 6.74. The van der Waals surface area contributed by atoms with Crippen molar-refractivity contribution in [3.63, 3.8) is 0 Å². The summed E-state index contributed by atoms with van der Waals surface area (Å²) in [5.41, 5.74) is 1.07. The Kier molecular flexibility index (Phi) is 2.52. The molecule has 0 N–H and O–H groups in total. The standard InChI is InChI=1S/C10H11F2NO/c11-10(12)14-9-4-2-8(3-5-9)13-6-1-7-13/h2-5,10H,1,6-7H2. The summed E-state index contributed by atoms with van der Waals surface area (Å²) < 4.78 is 27.9. The zero-order valence-corrected chi connectivity index (χ0v) is 7.62. The first-order chi connectivity index (χ1) is 6.75. The smallest absolute Gasteiger partial charge is 0.387 e. The van der Waals surface area contributed by atoms with Crippen LogP contribution in [0.5, 0.6) is 5.75 Å². The SMILES string of the molecule is FC(F)Oc1ccc(N2CCC2)cc1. The van der Waals surface area contributed by atoms with Crippen LogP contribution in [0.4, 0.5) is 14.5 Å². The van der Waals surface area contributed by atoms with Crippen LogP contribution in [0, 0.1) is 0 Å². The zero-order chi connectivity index (χ0) is 9.97. The van der Waals surface area contributed by atoms with Crippen molar-refractivity contribution in [2.75, 3.05) is 18.0 Å².